The summed E-state index contributed by atoms with van der Waals surface area (Å²) in [5.41, 5.74) is 0.627. The fourth-order valence-electron chi connectivity index (χ4n) is 2.61. The van der Waals surface area contributed by atoms with Crippen molar-refractivity contribution >= 4 is 32.1 Å². The molecule has 0 radical (unpaired) electrons. The van der Waals surface area contributed by atoms with E-state index < -0.39 is 0 Å². The van der Waals surface area contributed by atoms with Crippen LogP contribution in [0.5, 0.6) is 11.5 Å². The minimum atomic E-state index is -0.182. The Morgan fingerprint density at radius 3 is 2.25 bits per heavy atom. The topological polar surface area (TPSA) is 43.5 Å². The lowest BCUT2D eigenvalue weighted by atomic mass is 9.86. The summed E-state index contributed by atoms with van der Waals surface area (Å²) < 4.78 is 5.17. The van der Waals surface area contributed by atoms with Crippen molar-refractivity contribution < 1.29 is 10.2 Å². The maximum atomic E-state index is 10.6. The number of hydrogen-bond acceptors (Lipinski definition) is 4. The van der Waals surface area contributed by atoms with Crippen molar-refractivity contribution in [2.45, 2.75) is 39.0 Å². The molecule has 2 aromatic rings. The number of fused-ring (bicyclic) bond motifs is 1. The number of phenolic OH excluding ortho intramolecular Hbond substituents is 2. The van der Waals surface area contributed by atoms with Gasteiger partial charge in [0, 0.05) is 18.4 Å². The van der Waals surface area contributed by atoms with Gasteiger partial charge in [-0.15, -0.1) is 0 Å². The van der Waals surface area contributed by atoms with E-state index in [1.54, 1.807) is 28.7 Å². The quantitative estimate of drug-likeness (QED) is 0.579. The van der Waals surface area contributed by atoms with Crippen molar-refractivity contribution in [1.29, 1.82) is 0 Å². The fourth-order valence-corrected chi connectivity index (χ4v) is 5.25. The Morgan fingerprint density at radius 1 is 1.05 bits per heavy atom. The zero-order chi connectivity index (χ0) is 14.5. The molecule has 1 aliphatic rings. The average Bonchev–Trinajstić information content (AvgIpc) is 2.99. The van der Waals surface area contributed by atoms with Crippen LogP contribution >= 0.6 is 22.7 Å². The van der Waals surface area contributed by atoms with E-state index in [0.717, 1.165) is 28.1 Å². The van der Waals surface area contributed by atoms with E-state index in [2.05, 4.69) is 4.58 Å². The predicted octanol–water partition coefficient (Wildman–Crippen LogP) is 3.24. The highest BCUT2D eigenvalue weighted by Crippen LogP contribution is 2.43. The maximum Gasteiger partial charge on any atom is 0.315 e. The minimum absolute atomic E-state index is 0.182. The molecule has 0 spiro atoms. The van der Waals surface area contributed by atoms with Crippen LogP contribution in [0.1, 0.15) is 39.2 Å². The lowest BCUT2D eigenvalue weighted by Crippen LogP contribution is -2.21. The van der Waals surface area contributed by atoms with Crippen LogP contribution in [-0.4, -0.2) is 23.3 Å². The largest absolute Gasteiger partial charge is 0.506 e. The molecule has 1 aliphatic heterocycles. The standard InChI is InChI=1S/C15H19NO2S2/c1-15(2,3)9-8-10(17)12-13(11(9)18)20-14(19-12)16-6-4-5-7-16/h8H,4-7H2,1-3H3,(H-,17,18)/p+1. The molecule has 108 valence electrons. The van der Waals surface area contributed by atoms with Crippen LogP contribution in [0.25, 0.3) is 9.40 Å². The van der Waals surface area contributed by atoms with Gasteiger partial charge in [0.05, 0.1) is 9.40 Å². The third kappa shape index (κ3) is 2.23. The molecule has 20 heavy (non-hydrogen) atoms. The third-order valence-corrected chi connectivity index (χ3v) is 6.45. The molecular formula is C15H20NO2S2+. The Hall–Kier alpha value is -1.07. The molecule has 2 N–H and O–H groups in total. The number of rotatable bonds is 0. The van der Waals surface area contributed by atoms with E-state index in [1.807, 2.05) is 20.8 Å². The first-order chi connectivity index (χ1) is 9.38. The number of aromatic hydroxyl groups is 2. The van der Waals surface area contributed by atoms with Crippen LogP contribution in [-0.2, 0) is 5.41 Å². The first kappa shape index (κ1) is 13.9. The van der Waals surface area contributed by atoms with E-state index in [1.165, 1.54) is 16.8 Å². The number of benzene rings is 1. The highest BCUT2D eigenvalue weighted by Gasteiger charge is 2.25. The maximum absolute atomic E-state index is 10.6. The van der Waals surface area contributed by atoms with Crippen LogP contribution in [0, 0.1) is 0 Å². The fraction of sp³-hybridized carbons (Fsp3) is 0.533. The van der Waals surface area contributed by atoms with Crippen LogP contribution in [0.4, 0.5) is 0 Å². The van der Waals surface area contributed by atoms with Gasteiger partial charge in [-0.2, -0.15) is 0 Å². The lowest BCUT2D eigenvalue weighted by molar-refractivity contribution is 0.444. The summed E-state index contributed by atoms with van der Waals surface area (Å²) in [5.74, 6) is 0.617. The molecule has 0 aliphatic carbocycles. The number of phenols is 2. The third-order valence-electron chi connectivity index (χ3n) is 3.74. The Balaban J connectivity index is 2.32. The molecule has 2 heterocycles. The Bertz CT molecular complexity index is 727. The predicted molar refractivity (Wildman–Crippen MR) is 86.0 cm³/mol. The summed E-state index contributed by atoms with van der Waals surface area (Å²) in [6.45, 7) is 8.30. The van der Waals surface area contributed by atoms with E-state index in [4.69, 9.17) is 0 Å². The van der Waals surface area contributed by atoms with Crippen molar-refractivity contribution in [3.05, 3.63) is 15.6 Å². The number of nitrogens with zero attached hydrogens (tertiary/aromatic N) is 1. The smallest absolute Gasteiger partial charge is 0.315 e. The van der Waals surface area contributed by atoms with Crippen LogP contribution in [0.3, 0.4) is 0 Å². The molecule has 1 aromatic carbocycles. The van der Waals surface area contributed by atoms with Gasteiger partial charge in [0.15, 0.2) is 0 Å². The summed E-state index contributed by atoms with van der Waals surface area (Å²) >= 11 is 3.19. The van der Waals surface area contributed by atoms with Gasteiger partial charge in [-0.25, -0.2) is 4.58 Å². The van der Waals surface area contributed by atoms with Crippen molar-refractivity contribution in [3.63, 3.8) is 0 Å². The number of hydrogen-bond donors (Lipinski definition) is 2. The summed E-state index contributed by atoms with van der Waals surface area (Å²) in [6.07, 6.45) is 2.46. The molecule has 0 unspecified atom stereocenters. The minimum Gasteiger partial charge on any atom is -0.506 e. The van der Waals surface area contributed by atoms with Crippen molar-refractivity contribution in [2.75, 3.05) is 13.1 Å². The summed E-state index contributed by atoms with van der Waals surface area (Å²) in [7, 11) is 0. The highest BCUT2D eigenvalue weighted by molar-refractivity contribution is 7.36. The van der Waals surface area contributed by atoms with Gasteiger partial charge in [0.1, 0.15) is 24.6 Å². The van der Waals surface area contributed by atoms with Gasteiger partial charge in [-0.05, 0) is 11.5 Å². The molecule has 3 nitrogen and oxygen atoms in total. The first-order valence-electron chi connectivity index (χ1n) is 6.95. The zero-order valence-corrected chi connectivity index (χ0v) is 13.7. The van der Waals surface area contributed by atoms with Crippen LogP contribution < -0.4 is 8.56 Å². The summed E-state index contributed by atoms with van der Waals surface area (Å²) in [6, 6.07) is 1.72. The molecular weight excluding hydrogens is 290 g/mol. The zero-order valence-electron chi connectivity index (χ0n) is 12.1. The van der Waals surface area contributed by atoms with Crippen LogP contribution in [0.2, 0.25) is 0 Å². The first-order valence-corrected chi connectivity index (χ1v) is 8.58. The molecule has 1 aromatic heterocycles. The van der Waals surface area contributed by atoms with E-state index in [0.29, 0.717) is 5.75 Å². The van der Waals surface area contributed by atoms with Crippen molar-refractivity contribution in [1.82, 2.24) is 4.58 Å². The van der Waals surface area contributed by atoms with E-state index >= 15 is 0 Å². The molecule has 0 bridgehead atoms. The van der Waals surface area contributed by atoms with Crippen molar-refractivity contribution in [2.24, 2.45) is 0 Å². The molecule has 1 saturated heterocycles. The second-order valence-corrected chi connectivity index (χ2v) is 8.62. The van der Waals surface area contributed by atoms with Crippen molar-refractivity contribution in [3.8, 4) is 11.5 Å². The van der Waals surface area contributed by atoms with E-state index in [9.17, 15) is 10.2 Å². The molecule has 1 fully saturated rings. The SMILES string of the molecule is CC(C)(C)c1cc(O)c2sc(=[N+]3CCCC3)sc2c1O. The van der Waals surface area contributed by atoms with Gasteiger partial charge >= 0.3 is 3.98 Å². The molecule has 0 saturated carbocycles. The Kier molecular flexibility index (Phi) is 3.29. The molecule has 0 atom stereocenters. The van der Waals surface area contributed by atoms with Gasteiger partial charge < -0.3 is 10.2 Å². The van der Waals surface area contributed by atoms with Gasteiger partial charge in [0.25, 0.3) is 0 Å². The molecule has 0 amide bonds. The second-order valence-electron chi connectivity index (χ2n) is 6.36. The molecule has 3 rings (SSSR count). The molecule has 5 heteroatoms. The Morgan fingerprint density at radius 2 is 1.65 bits per heavy atom. The summed E-state index contributed by atoms with van der Waals surface area (Å²) in [4.78, 5) is 0. The van der Waals surface area contributed by atoms with E-state index in [-0.39, 0.29) is 11.2 Å². The lowest BCUT2D eigenvalue weighted by Gasteiger charge is -2.20. The monoisotopic (exact) mass is 310 g/mol. The summed E-state index contributed by atoms with van der Waals surface area (Å²) in [5, 5.41) is 20.8. The van der Waals surface area contributed by atoms with Gasteiger partial charge in [-0.3, -0.25) is 0 Å². The van der Waals surface area contributed by atoms with Crippen LogP contribution in [0.15, 0.2) is 6.07 Å². The normalized spacial score (nSPS) is 16.2. The average molecular weight is 310 g/mol. The van der Waals surface area contributed by atoms with Gasteiger partial charge in [-0.1, -0.05) is 43.4 Å². The second kappa shape index (κ2) is 4.74. The van der Waals surface area contributed by atoms with Gasteiger partial charge in [0.2, 0.25) is 0 Å². The Labute approximate surface area is 126 Å². The highest BCUT2D eigenvalue weighted by atomic mass is 32.2.